The summed E-state index contributed by atoms with van der Waals surface area (Å²) >= 11 is 2.39. The zero-order valence-electron chi connectivity index (χ0n) is 15.6. The van der Waals surface area contributed by atoms with E-state index in [0.29, 0.717) is 24.7 Å². The summed E-state index contributed by atoms with van der Waals surface area (Å²) < 4.78 is 13.0. The summed E-state index contributed by atoms with van der Waals surface area (Å²) in [5.74, 6) is 1.97. The van der Waals surface area contributed by atoms with Crippen LogP contribution in [-0.2, 0) is 17.8 Å². The second-order valence-corrected chi connectivity index (χ2v) is 7.94. The van der Waals surface area contributed by atoms with Crippen LogP contribution in [0.3, 0.4) is 0 Å². The van der Waals surface area contributed by atoms with Gasteiger partial charge in [0.25, 0.3) is 0 Å². The molecular weight excluding hydrogens is 439 g/mol. The molecule has 0 aliphatic heterocycles. The molecule has 4 heteroatoms. The molecule has 1 fully saturated rings. The van der Waals surface area contributed by atoms with Gasteiger partial charge in [-0.15, -0.1) is 0 Å². The lowest BCUT2D eigenvalue weighted by Gasteiger charge is -2.17. The summed E-state index contributed by atoms with van der Waals surface area (Å²) in [6, 6.07) is 10.2. The average Bonchev–Trinajstić information content (AvgIpc) is 3.46. The normalized spacial score (nSPS) is 13.5. The van der Waals surface area contributed by atoms with Gasteiger partial charge in [-0.05, 0) is 83.5 Å². The largest absolute Gasteiger partial charge is 0.488 e. The van der Waals surface area contributed by atoms with E-state index >= 15 is 0 Å². The highest BCUT2D eigenvalue weighted by Crippen LogP contribution is 2.45. The van der Waals surface area contributed by atoms with E-state index in [0.717, 1.165) is 23.3 Å². The van der Waals surface area contributed by atoms with E-state index in [4.69, 9.17) is 9.47 Å². The first kappa shape index (κ1) is 19.2. The van der Waals surface area contributed by atoms with Gasteiger partial charge in [-0.2, -0.15) is 0 Å². The number of benzene rings is 2. The number of ether oxygens (including phenoxy) is 2. The Balaban J connectivity index is 1.85. The molecule has 0 amide bonds. The van der Waals surface area contributed by atoms with Crippen molar-refractivity contribution in [2.45, 2.75) is 59.0 Å². The van der Waals surface area contributed by atoms with Gasteiger partial charge in [0, 0.05) is 15.6 Å². The van der Waals surface area contributed by atoms with E-state index < -0.39 is 0 Å². The first-order valence-corrected chi connectivity index (χ1v) is 10.4. The van der Waals surface area contributed by atoms with Gasteiger partial charge in [0.15, 0.2) is 0 Å². The summed E-state index contributed by atoms with van der Waals surface area (Å²) in [6.45, 7) is 6.41. The minimum absolute atomic E-state index is 0.225. The predicted molar refractivity (Wildman–Crippen MR) is 112 cm³/mol. The molecule has 0 aromatic heterocycles. The second kappa shape index (κ2) is 8.42. The van der Waals surface area contributed by atoms with Crippen molar-refractivity contribution >= 4 is 28.6 Å². The van der Waals surface area contributed by atoms with Crippen LogP contribution in [-0.4, -0.2) is 5.97 Å². The molecule has 1 aliphatic rings. The Morgan fingerprint density at radius 1 is 1.19 bits per heavy atom. The summed E-state index contributed by atoms with van der Waals surface area (Å²) in [4.78, 5) is 11.7. The van der Waals surface area contributed by atoms with Gasteiger partial charge in [0.2, 0.25) is 0 Å². The van der Waals surface area contributed by atoms with Crippen molar-refractivity contribution < 1.29 is 14.3 Å². The second-order valence-electron chi connectivity index (χ2n) is 6.78. The van der Waals surface area contributed by atoms with Gasteiger partial charge in [0.1, 0.15) is 18.1 Å². The van der Waals surface area contributed by atoms with Crippen LogP contribution in [0.5, 0.6) is 11.5 Å². The van der Waals surface area contributed by atoms with Crippen LogP contribution >= 0.6 is 22.6 Å². The van der Waals surface area contributed by atoms with Crippen molar-refractivity contribution in [2.24, 2.45) is 0 Å². The fourth-order valence-electron chi connectivity index (χ4n) is 3.03. The lowest BCUT2D eigenvalue weighted by Crippen LogP contribution is -2.10. The summed E-state index contributed by atoms with van der Waals surface area (Å²) in [5.41, 5.74) is 4.71. The van der Waals surface area contributed by atoms with Crippen LogP contribution in [0.15, 0.2) is 30.3 Å². The van der Waals surface area contributed by atoms with Gasteiger partial charge in [0.05, 0.1) is 0 Å². The molecule has 138 valence electrons. The highest BCUT2D eigenvalue weighted by molar-refractivity contribution is 14.1. The quantitative estimate of drug-likeness (QED) is 0.289. The van der Waals surface area contributed by atoms with Crippen molar-refractivity contribution in [1.82, 2.24) is 0 Å². The fraction of sp³-hybridized carbons (Fsp3) is 0.409. The Kier molecular flexibility index (Phi) is 6.22. The topological polar surface area (TPSA) is 35.5 Å². The van der Waals surface area contributed by atoms with Crippen LogP contribution in [0.4, 0.5) is 0 Å². The first-order valence-electron chi connectivity index (χ1n) is 9.27. The number of rotatable bonds is 7. The number of carbonyl (C=O) groups excluding carboxylic acids is 1. The Morgan fingerprint density at radius 3 is 2.62 bits per heavy atom. The van der Waals surface area contributed by atoms with E-state index in [9.17, 15) is 4.79 Å². The van der Waals surface area contributed by atoms with E-state index in [-0.39, 0.29) is 5.97 Å². The maximum Gasteiger partial charge on any atom is 0.310 e. The van der Waals surface area contributed by atoms with E-state index in [1.165, 1.54) is 27.5 Å². The van der Waals surface area contributed by atoms with Crippen LogP contribution < -0.4 is 9.47 Å². The molecule has 0 spiro atoms. The SMILES string of the molecule is CCC(=O)Oc1cccc(C)c1COc1cc(I)c(CC)cc1C1CC1. The molecule has 0 saturated heterocycles. The number of esters is 1. The van der Waals surface area contributed by atoms with Crippen molar-refractivity contribution in [3.63, 3.8) is 0 Å². The van der Waals surface area contributed by atoms with Gasteiger partial charge >= 0.3 is 5.97 Å². The van der Waals surface area contributed by atoms with Crippen molar-refractivity contribution in [3.05, 3.63) is 56.2 Å². The summed E-state index contributed by atoms with van der Waals surface area (Å²) in [7, 11) is 0. The first-order chi connectivity index (χ1) is 12.5. The van der Waals surface area contributed by atoms with E-state index in [1.54, 1.807) is 6.92 Å². The molecule has 0 atom stereocenters. The molecule has 3 nitrogen and oxygen atoms in total. The van der Waals surface area contributed by atoms with Gasteiger partial charge in [-0.25, -0.2) is 0 Å². The minimum Gasteiger partial charge on any atom is -0.488 e. The molecule has 0 radical (unpaired) electrons. The van der Waals surface area contributed by atoms with Crippen molar-refractivity contribution in [3.8, 4) is 11.5 Å². The fourth-order valence-corrected chi connectivity index (χ4v) is 3.85. The smallest absolute Gasteiger partial charge is 0.310 e. The predicted octanol–water partition coefficient (Wildman–Crippen LogP) is 5.93. The number of aryl methyl sites for hydroxylation is 2. The van der Waals surface area contributed by atoms with E-state index in [2.05, 4.69) is 41.6 Å². The highest BCUT2D eigenvalue weighted by Gasteiger charge is 2.28. The number of hydrogen-bond donors (Lipinski definition) is 0. The summed E-state index contributed by atoms with van der Waals surface area (Å²) in [5, 5.41) is 0. The summed E-state index contributed by atoms with van der Waals surface area (Å²) in [6.07, 6.45) is 3.87. The molecule has 0 N–H and O–H groups in total. The van der Waals surface area contributed by atoms with Crippen molar-refractivity contribution in [2.75, 3.05) is 0 Å². The van der Waals surface area contributed by atoms with Crippen LogP contribution in [0.25, 0.3) is 0 Å². The standard InChI is InChI=1S/C22H25IO3/c1-4-15-11-17(16-9-10-16)21(12-19(15)23)25-13-18-14(3)7-6-8-20(18)26-22(24)5-2/h6-8,11-12,16H,4-5,9-10,13H2,1-3H3. The molecule has 1 aliphatic carbocycles. The lowest BCUT2D eigenvalue weighted by atomic mass is 10.0. The third-order valence-corrected chi connectivity index (χ3v) is 5.83. The molecule has 0 unspecified atom stereocenters. The molecular formula is C22H25IO3. The Morgan fingerprint density at radius 2 is 1.96 bits per heavy atom. The molecule has 2 aromatic rings. The van der Waals surface area contributed by atoms with Gasteiger partial charge < -0.3 is 9.47 Å². The van der Waals surface area contributed by atoms with E-state index in [1.807, 2.05) is 25.1 Å². The molecule has 2 aromatic carbocycles. The molecule has 3 rings (SSSR count). The van der Waals surface area contributed by atoms with Gasteiger partial charge in [-0.1, -0.05) is 32.0 Å². The van der Waals surface area contributed by atoms with Crippen LogP contribution in [0.1, 0.15) is 61.3 Å². The zero-order valence-corrected chi connectivity index (χ0v) is 17.8. The Hall–Kier alpha value is -1.56. The number of hydrogen-bond acceptors (Lipinski definition) is 3. The Labute approximate surface area is 169 Å². The minimum atomic E-state index is -0.225. The third kappa shape index (κ3) is 4.40. The molecule has 0 heterocycles. The molecule has 1 saturated carbocycles. The van der Waals surface area contributed by atoms with Gasteiger partial charge in [-0.3, -0.25) is 4.79 Å². The molecule has 0 bridgehead atoms. The maximum absolute atomic E-state index is 11.7. The number of halogens is 1. The van der Waals surface area contributed by atoms with Crippen LogP contribution in [0, 0.1) is 10.5 Å². The zero-order chi connectivity index (χ0) is 18.7. The average molecular weight is 464 g/mol. The third-order valence-electron chi connectivity index (χ3n) is 4.83. The monoisotopic (exact) mass is 464 g/mol. The maximum atomic E-state index is 11.7. The highest BCUT2D eigenvalue weighted by atomic mass is 127. The molecule has 26 heavy (non-hydrogen) atoms. The van der Waals surface area contributed by atoms with Crippen LogP contribution in [0.2, 0.25) is 0 Å². The number of carbonyl (C=O) groups is 1. The Bertz CT molecular complexity index is 809. The van der Waals surface area contributed by atoms with Crippen molar-refractivity contribution in [1.29, 1.82) is 0 Å². The lowest BCUT2D eigenvalue weighted by molar-refractivity contribution is -0.134.